The summed E-state index contributed by atoms with van der Waals surface area (Å²) in [6.07, 6.45) is 4.03. The standard InChI is InChI=1S/C15H20N2O3S2/c18-15(16-12-3-4-12)11-21-13-5-7-14(8-6-13)22(19,20)17-9-1-2-10-17/h5-8,12H,1-4,9-11H2,(H,16,18). The molecular formula is C15H20N2O3S2. The van der Waals surface area contributed by atoms with Crippen LogP contribution in [0.1, 0.15) is 25.7 Å². The average molecular weight is 340 g/mol. The number of amides is 1. The van der Waals surface area contributed by atoms with E-state index in [2.05, 4.69) is 5.32 Å². The van der Waals surface area contributed by atoms with E-state index in [0.717, 1.165) is 30.6 Å². The number of rotatable bonds is 6. The molecule has 2 fully saturated rings. The molecule has 0 aromatic heterocycles. The summed E-state index contributed by atoms with van der Waals surface area (Å²) in [5, 5.41) is 2.93. The largest absolute Gasteiger partial charge is 0.353 e. The smallest absolute Gasteiger partial charge is 0.243 e. The van der Waals surface area contributed by atoms with Crippen LogP contribution in [0.5, 0.6) is 0 Å². The Morgan fingerprint density at radius 3 is 2.41 bits per heavy atom. The second-order valence-corrected chi connectivity index (χ2v) is 8.70. The Hall–Kier alpha value is -1.05. The Bertz CT molecular complexity index is 633. The number of hydrogen-bond acceptors (Lipinski definition) is 4. The first kappa shape index (κ1) is 15.8. The van der Waals surface area contributed by atoms with Crippen molar-refractivity contribution >= 4 is 27.7 Å². The van der Waals surface area contributed by atoms with Gasteiger partial charge in [-0.1, -0.05) is 0 Å². The van der Waals surface area contributed by atoms with Crippen LogP contribution in [0.25, 0.3) is 0 Å². The number of sulfonamides is 1. The molecule has 22 heavy (non-hydrogen) atoms. The maximum absolute atomic E-state index is 12.4. The van der Waals surface area contributed by atoms with Gasteiger partial charge in [0.2, 0.25) is 15.9 Å². The molecule has 0 radical (unpaired) electrons. The average Bonchev–Trinajstić information content (AvgIpc) is 3.14. The van der Waals surface area contributed by atoms with Crippen molar-refractivity contribution in [3.05, 3.63) is 24.3 Å². The van der Waals surface area contributed by atoms with Gasteiger partial charge in [-0.3, -0.25) is 4.79 Å². The molecule has 7 heteroatoms. The molecule has 120 valence electrons. The van der Waals surface area contributed by atoms with E-state index in [9.17, 15) is 13.2 Å². The molecule has 0 atom stereocenters. The summed E-state index contributed by atoms with van der Waals surface area (Å²) in [5.74, 6) is 0.413. The van der Waals surface area contributed by atoms with E-state index in [1.165, 1.54) is 16.1 Å². The minimum absolute atomic E-state index is 0.0428. The van der Waals surface area contributed by atoms with Crippen molar-refractivity contribution in [1.29, 1.82) is 0 Å². The highest BCUT2D eigenvalue weighted by atomic mass is 32.2. The molecule has 1 heterocycles. The van der Waals surface area contributed by atoms with Crippen LogP contribution in [0.3, 0.4) is 0 Å². The highest BCUT2D eigenvalue weighted by molar-refractivity contribution is 8.00. The van der Waals surface area contributed by atoms with Gasteiger partial charge in [0.05, 0.1) is 10.6 Å². The van der Waals surface area contributed by atoms with Crippen LogP contribution in [0.15, 0.2) is 34.1 Å². The van der Waals surface area contributed by atoms with Gasteiger partial charge in [0, 0.05) is 24.0 Å². The summed E-state index contributed by atoms with van der Waals surface area (Å²) in [6.45, 7) is 1.22. The van der Waals surface area contributed by atoms with Gasteiger partial charge in [0.25, 0.3) is 0 Å². The fraction of sp³-hybridized carbons (Fsp3) is 0.533. The quantitative estimate of drug-likeness (QED) is 0.803. The predicted octanol–water partition coefficient (Wildman–Crippen LogP) is 1.84. The molecule has 0 spiro atoms. The molecular weight excluding hydrogens is 320 g/mol. The van der Waals surface area contributed by atoms with Crippen molar-refractivity contribution in [2.24, 2.45) is 0 Å². The molecule has 0 unspecified atom stereocenters. The molecule has 1 aliphatic carbocycles. The predicted molar refractivity (Wildman–Crippen MR) is 86.3 cm³/mol. The van der Waals surface area contributed by atoms with Crippen molar-refractivity contribution < 1.29 is 13.2 Å². The first-order valence-electron chi connectivity index (χ1n) is 7.58. The third-order valence-electron chi connectivity index (χ3n) is 3.84. The summed E-state index contributed by atoms with van der Waals surface area (Å²) in [5.41, 5.74) is 0. The summed E-state index contributed by atoms with van der Waals surface area (Å²) in [7, 11) is -3.35. The topological polar surface area (TPSA) is 66.5 Å². The van der Waals surface area contributed by atoms with Crippen LogP contribution >= 0.6 is 11.8 Å². The van der Waals surface area contributed by atoms with Crippen molar-refractivity contribution in [3.63, 3.8) is 0 Å². The van der Waals surface area contributed by atoms with E-state index in [-0.39, 0.29) is 5.91 Å². The van der Waals surface area contributed by atoms with Crippen LogP contribution in [0.4, 0.5) is 0 Å². The number of benzene rings is 1. The third kappa shape index (κ3) is 3.83. The first-order chi connectivity index (χ1) is 10.6. The molecule has 2 aliphatic rings. The Labute approximate surface area is 135 Å². The van der Waals surface area contributed by atoms with E-state index in [1.807, 2.05) is 0 Å². The summed E-state index contributed by atoms with van der Waals surface area (Å²) in [4.78, 5) is 12.9. The lowest BCUT2D eigenvalue weighted by atomic mass is 10.4. The van der Waals surface area contributed by atoms with Crippen LogP contribution in [-0.4, -0.2) is 43.5 Å². The van der Waals surface area contributed by atoms with Crippen molar-refractivity contribution in [2.75, 3.05) is 18.8 Å². The lowest BCUT2D eigenvalue weighted by molar-refractivity contribution is -0.118. The van der Waals surface area contributed by atoms with E-state index in [0.29, 0.717) is 29.8 Å². The molecule has 3 rings (SSSR count). The van der Waals surface area contributed by atoms with Gasteiger partial charge < -0.3 is 5.32 Å². The zero-order valence-electron chi connectivity index (χ0n) is 12.3. The maximum Gasteiger partial charge on any atom is 0.243 e. The van der Waals surface area contributed by atoms with Gasteiger partial charge >= 0.3 is 0 Å². The number of thioether (sulfide) groups is 1. The van der Waals surface area contributed by atoms with E-state index >= 15 is 0 Å². The first-order valence-corrected chi connectivity index (χ1v) is 10.0. The van der Waals surface area contributed by atoms with Gasteiger partial charge in [-0.25, -0.2) is 8.42 Å². The van der Waals surface area contributed by atoms with Gasteiger partial charge in [0.15, 0.2) is 0 Å². The maximum atomic E-state index is 12.4. The van der Waals surface area contributed by atoms with E-state index in [4.69, 9.17) is 0 Å². The zero-order valence-corrected chi connectivity index (χ0v) is 14.0. The third-order valence-corrected chi connectivity index (χ3v) is 6.76. The van der Waals surface area contributed by atoms with Crippen molar-refractivity contribution in [2.45, 2.75) is 41.5 Å². The van der Waals surface area contributed by atoms with E-state index < -0.39 is 10.0 Å². The number of hydrogen-bond donors (Lipinski definition) is 1. The van der Waals surface area contributed by atoms with Crippen LogP contribution in [0.2, 0.25) is 0 Å². The number of carbonyl (C=O) groups is 1. The minimum Gasteiger partial charge on any atom is -0.353 e. The van der Waals surface area contributed by atoms with Crippen LogP contribution in [-0.2, 0) is 14.8 Å². The Morgan fingerprint density at radius 2 is 1.82 bits per heavy atom. The summed E-state index contributed by atoms with van der Waals surface area (Å²) in [6, 6.07) is 7.20. The second kappa shape index (κ2) is 6.60. The molecule has 1 saturated carbocycles. The van der Waals surface area contributed by atoms with Gasteiger partial charge in [0.1, 0.15) is 0 Å². The molecule has 1 aromatic rings. The van der Waals surface area contributed by atoms with Gasteiger partial charge in [-0.05, 0) is 49.9 Å². The lowest BCUT2D eigenvalue weighted by Crippen LogP contribution is -2.27. The minimum atomic E-state index is -3.35. The van der Waals surface area contributed by atoms with Crippen LogP contribution in [0, 0.1) is 0 Å². The van der Waals surface area contributed by atoms with Gasteiger partial charge in [-0.2, -0.15) is 4.31 Å². The van der Waals surface area contributed by atoms with E-state index in [1.54, 1.807) is 24.3 Å². The molecule has 1 saturated heterocycles. The Morgan fingerprint density at radius 1 is 1.18 bits per heavy atom. The monoisotopic (exact) mass is 340 g/mol. The summed E-state index contributed by atoms with van der Waals surface area (Å²) < 4.78 is 26.3. The summed E-state index contributed by atoms with van der Waals surface area (Å²) >= 11 is 1.43. The normalized spacial score (nSPS) is 19.3. The SMILES string of the molecule is O=C(CSc1ccc(S(=O)(=O)N2CCCC2)cc1)NC1CC1. The molecule has 1 amide bonds. The second-order valence-electron chi connectivity index (χ2n) is 5.71. The Kier molecular flexibility index (Phi) is 4.75. The fourth-order valence-corrected chi connectivity index (χ4v) is 4.66. The molecule has 1 N–H and O–H groups in total. The van der Waals surface area contributed by atoms with Crippen LogP contribution < -0.4 is 5.32 Å². The van der Waals surface area contributed by atoms with Crippen molar-refractivity contribution in [3.8, 4) is 0 Å². The number of nitrogens with one attached hydrogen (secondary N) is 1. The van der Waals surface area contributed by atoms with Crippen molar-refractivity contribution in [1.82, 2.24) is 9.62 Å². The lowest BCUT2D eigenvalue weighted by Gasteiger charge is -2.15. The molecule has 1 aliphatic heterocycles. The zero-order chi connectivity index (χ0) is 15.6. The molecule has 1 aromatic carbocycles. The molecule has 0 bridgehead atoms. The Balaban J connectivity index is 1.58. The molecule has 5 nitrogen and oxygen atoms in total. The highest BCUT2D eigenvalue weighted by Crippen LogP contribution is 2.25. The number of carbonyl (C=O) groups excluding carboxylic acids is 1. The fourth-order valence-electron chi connectivity index (χ4n) is 2.43. The highest BCUT2D eigenvalue weighted by Gasteiger charge is 2.27. The number of nitrogens with zero attached hydrogens (tertiary/aromatic N) is 1. The van der Waals surface area contributed by atoms with Gasteiger partial charge in [-0.15, -0.1) is 11.8 Å².